The van der Waals surface area contributed by atoms with Gasteiger partial charge in [0.15, 0.2) is 0 Å². The van der Waals surface area contributed by atoms with Crippen molar-refractivity contribution >= 4 is 17.2 Å². The van der Waals surface area contributed by atoms with Crippen LogP contribution in [-0.4, -0.2) is 35.4 Å². The van der Waals surface area contributed by atoms with E-state index in [9.17, 15) is 4.79 Å². The van der Waals surface area contributed by atoms with Gasteiger partial charge < -0.3 is 14.8 Å². The predicted molar refractivity (Wildman–Crippen MR) is 83.3 cm³/mol. The number of rotatable bonds is 5. The van der Waals surface area contributed by atoms with Gasteiger partial charge in [-0.3, -0.25) is 9.48 Å². The van der Waals surface area contributed by atoms with Gasteiger partial charge in [-0.05, 0) is 24.8 Å². The number of methoxy groups -OCH3 is 1. The fraction of sp³-hybridized carbons (Fsp3) is 0.467. The van der Waals surface area contributed by atoms with Crippen LogP contribution < -0.4 is 10.1 Å². The van der Waals surface area contributed by atoms with E-state index >= 15 is 0 Å². The second kappa shape index (κ2) is 6.50. The minimum absolute atomic E-state index is 0.0474. The summed E-state index contributed by atoms with van der Waals surface area (Å²) in [5.41, 5.74) is 1.00. The maximum atomic E-state index is 12.4. The van der Waals surface area contributed by atoms with E-state index < -0.39 is 0 Å². The molecule has 0 saturated carbocycles. The third-order valence-electron chi connectivity index (χ3n) is 3.77. The molecule has 3 heterocycles. The van der Waals surface area contributed by atoms with Gasteiger partial charge >= 0.3 is 0 Å². The monoisotopic (exact) mass is 321 g/mol. The third-order valence-corrected chi connectivity index (χ3v) is 4.66. The zero-order valence-electron chi connectivity index (χ0n) is 12.6. The van der Waals surface area contributed by atoms with Crippen molar-refractivity contribution in [2.75, 3.05) is 13.7 Å². The molecule has 3 rings (SSSR count). The minimum atomic E-state index is -0.143. The minimum Gasteiger partial charge on any atom is -0.495 e. The normalized spacial score (nSPS) is 21.0. The molecular formula is C15H19N3O3S. The summed E-state index contributed by atoms with van der Waals surface area (Å²) in [7, 11) is 1.57. The number of carbonyl (C=O) groups excluding carboxylic acids is 1. The number of nitrogens with one attached hydrogen (secondary N) is 1. The van der Waals surface area contributed by atoms with Crippen LogP contribution in [-0.2, 0) is 11.3 Å². The maximum absolute atomic E-state index is 12.4. The molecule has 6 nitrogen and oxygen atoms in total. The summed E-state index contributed by atoms with van der Waals surface area (Å²) in [6.07, 6.45) is 4.43. The number of aryl methyl sites for hydroxylation is 1. The van der Waals surface area contributed by atoms with Crippen LogP contribution in [0.1, 0.15) is 34.7 Å². The highest BCUT2D eigenvalue weighted by atomic mass is 32.1. The van der Waals surface area contributed by atoms with Crippen LogP contribution in [0.2, 0.25) is 0 Å². The third kappa shape index (κ3) is 2.86. The van der Waals surface area contributed by atoms with Gasteiger partial charge in [-0.15, -0.1) is 11.3 Å². The summed E-state index contributed by atoms with van der Waals surface area (Å²) in [6.45, 7) is 3.49. The first-order valence-electron chi connectivity index (χ1n) is 7.29. The molecule has 1 amide bonds. The number of hydrogen-bond acceptors (Lipinski definition) is 5. The van der Waals surface area contributed by atoms with Gasteiger partial charge in [-0.25, -0.2) is 0 Å². The highest BCUT2D eigenvalue weighted by molar-refractivity contribution is 7.12. The largest absolute Gasteiger partial charge is 0.495 e. The van der Waals surface area contributed by atoms with Crippen molar-refractivity contribution in [2.24, 2.45) is 0 Å². The number of thiophene rings is 1. The van der Waals surface area contributed by atoms with E-state index in [-0.39, 0.29) is 18.1 Å². The van der Waals surface area contributed by atoms with Crippen LogP contribution in [0, 0.1) is 0 Å². The molecule has 22 heavy (non-hydrogen) atoms. The summed E-state index contributed by atoms with van der Waals surface area (Å²) in [5.74, 6) is 0.493. The summed E-state index contributed by atoms with van der Waals surface area (Å²) in [4.78, 5) is 13.0. The Hall–Kier alpha value is -1.86. The molecule has 2 aromatic rings. The first-order chi connectivity index (χ1) is 10.7. The molecule has 1 aliphatic rings. The number of nitrogens with zero attached hydrogens (tertiary/aromatic N) is 2. The second-order valence-electron chi connectivity index (χ2n) is 5.11. The summed E-state index contributed by atoms with van der Waals surface area (Å²) < 4.78 is 12.9. The van der Waals surface area contributed by atoms with E-state index in [1.165, 1.54) is 11.3 Å². The predicted octanol–water partition coefficient (Wildman–Crippen LogP) is 2.23. The van der Waals surface area contributed by atoms with Crippen molar-refractivity contribution < 1.29 is 14.3 Å². The molecule has 1 saturated heterocycles. The highest BCUT2D eigenvalue weighted by Gasteiger charge is 2.32. The number of amides is 1. The molecule has 0 bridgehead atoms. The number of hydrogen-bond donors (Lipinski definition) is 1. The van der Waals surface area contributed by atoms with Crippen LogP contribution in [0.4, 0.5) is 0 Å². The zero-order chi connectivity index (χ0) is 15.5. The van der Waals surface area contributed by atoms with Crippen molar-refractivity contribution in [3.05, 3.63) is 34.3 Å². The number of ether oxygens (including phenoxy) is 2. The highest BCUT2D eigenvalue weighted by Crippen LogP contribution is 2.30. The van der Waals surface area contributed by atoms with Gasteiger partial charge in [0.1, 0.15) is 16.7 Å². The second-order valence-corrected chi connectivity index (χ2v) is 6.02. The fourth-order valence-electron chi connectivity index (χ4n) is 2.62. The average Bonchev–Trinajstić information content (AvgIpc) is 3.26. The van der Waals surface area contributed by atoms with Gasteiger partial charge in [-0.2, -0.15) is 5.10 Å². The molecule has 0 spiro atoms. The van der Waals surface area contributed by atoms with Crippen LogP contribution in [0.3, 0.4) is 0 Å². The SMILES string of the molecule is CCn1cc([C@H]2OCC[C@@H]2NC(=O)c2sccc2OC)cn1. The standard InChI is InChI=1S/C15H19N3O3S/c1-3-18-9-10(8-16-18)13-11(4-6-21-13)17-15(19)14-12(20-2)5-7-22-14/h5,7-9,11,13H,3-4,6H2,1-2H3,(H,17,19)/t11-,13+/m0/s1. The Kier molecular flexibility index (Phi) is 4.44. The van der Waals surface area contributed by atoms with Crippen molar-refractivity contribution in [1.82, 2.24) is 15.1 Å². The number of carbonyl (C=O) groups is 1. The molecule has 1 fully saturated rings. The van der Waals surface area contributed by atoms with E-state index in [1.807, 2.05) is 29.4 Å². The Morgan fingerprint density at radius 3 is 3.23 bits per heavy atom. The Balaban J connectivity index is 1.72. The van der Waals surface area contributed by atoms with E-state index in [1.54, 1.807) is 13.2 Å². The molecule has 0 aromatic carbocycles. The van der Waals surface area contributed by atoms with E-state index in [2.05, 4.69) is 10.4 Å². The molecule has 118 valence electrons. The van der Waals surface area contributed by atoms with Crippen molar-refractivity contribution in [1.29, 1.82) is 0 Å². The Bertz CT molecular complexity index is 652. The van der Waals surface area contributed by atoms with Crippen molar-refractivity contribution in [3.8, 4) is 5.75 Å². The Morgan fingerprint density at radius 2 is 2.50 bits per heavy atom. The van der Waals surface area contributed by atoms with Gasteiger partial charge in [-0.1, -0.05) is 0 Å². The molecular weight excluding hydrogens is 302 g/mol. The van der Waals surface area contributed by atoms with E-state index in [4.69, 9.17) is 9.47 Å². The van der Waals surface area contributed by atoms with E-state index in [0.29, 0.717) is 17.2 Å². The Labute approximate surface area is 133 Å². The summed E-state index contributed by atoms with van der Waals surface area (Å²) in [5, 5.41) is 9.19. The van der Waals surface area contributed by atoms with Crippen LogP contribution in [0.15, 0.2) is 23.8 Å². The van der Waals surface area contributed by atoms with Crippen LogP contribution >= 0.6 is 11.3 Å². The topological polar surface area (TPSA) is 65.4 Å². The van der Waals surface area contributed by atoms with Crippen molar-refractivity contribution in [2.45, 2.75) is 32.0 Å². The summed E-state index contributed by atoms with van der Waals surface area (Å²) in [6, 6.07) is 1.75. The van der Waals surface area contributed by atoms with Crippen LogP contribution in [0.5, 0.6) is 5.75 Å². The first-order valence-corrected chi connectivity index (χ1v) is 8.17. The van der Waals surface area contributed by atoms with Gasteiger partial charge in [0.25, 0.3) is 5.91 Å². The molecule has 7 heteroatoms. The lowest BCUT2D eigenvalue weighted by Crippen LogP contribution is -2.36. The van der Waals surface area contributed by atoms with Gasteiger partial charge in [0.05, 0.1) is 19.3 Å². The van der Waals surface area contributed by atoms with E-state index in [0.717, 1.165) is 18.5 Å². The molecule has 2 atom stereocenters. The summed E-state index contributed by atoms with van der Waals surface area (Å²) >= 11 is 1.38. The number of aromatic nitrogens is 2. The molecule has 0 radical (unpaired) electrons. The zero-order valence-corrected chi connectivity index (χ0v) is 13.4. The lowest BCUT2D eigenvalue weighted by atomic mass is 10.1. The first kappa shape index (κ1) is 15.1. The lowest BCUT2D eigenvalue weighted by Gasteiger charge is -2.18. The average molecular weight is 321 g/mol. The smallest absolute Gasteiger partial charge is 0.265 e. The molecule has 2 aromatic heterocycles. The molecule has 0 aliphatic carbocycles. The molecule has 0 unspecified atom stereocenters. The van der Waals surface area contributed by atoms with Crippen molar-refractivity contribution in [3.63, 3.8) is 0 Å². The Morgan fingerprint density at radius 1 is 1.64 bits per heavy atom. The maximum Gasteiger partial charge on any atom is 0.265 e. The molecule has 1 aliphatic heterocycles. The fourth-order valence-corrected chi connectivity index (χ4v) is 3.38. The van der Waals surface area contributed by atoms with Gasteiger partial charge in [0, 0.05) is 24.9 Å². The lowest BCUT2D eigenvalue weighted by molar-refractivity contribution is 0.0822. The quantitative estimate of drug-likeness (QED) is 0.917. The molecule has 1 N–H and O–H groups in total. The van der Waals surface area contributed by atoms with Crippen LogP contribution in [0.25, 0.3) is 0 Å². The van der Waals surface area contributed by atoms with Gasteiger partial charge in [0.2, 0.25) is 0 Å².